The molecule has 0 saturated heterocycles. The van der Waals surface area contributed by atoms with E-state index in [1.807, 2.05) is 6.07 Å². The number of sulfonamides is 1. The molecule has 4 rings (SSSR count). The second-order valence-electron chi connectivity index (χ2n) is 8.30. The van der Waals surface area contributed by atoms with Gasteiger partial charge in [0.05, 0.1) is 15.5 Å². The Morgan fingerprint density at radius 3 is 2.56 bits per heavy atom. The minimum Gasteiger partial charge on any atom is -0.269 e. The quantitative estimate of drug-likeness (QED) is 0.489. The molecule has 1 aliphatic rings. The lowest BCUT2D eigenvalue weighted by Gasteiger charge is -2.20. The minimum absolute atomic E-state index is 0.0611. The van der Waals surface area contributed by atoms with E-state index >= 15 is 0 Å². The van der Waals surface area contributed by atoms with Gasteiger partial charge in [-0.15, -0.1) is 11.3 Å². The number of amides is 2. The van der Waals surface area contributed by atoms with Crippen molar-refractivity contribution in [2.45, 2.75) is 31.1 Å². The van der Waals surface area contributed by atoms with Gasteiger partial charge in [0, 0.05) is 22.5 Å². The van der Waals surface area contributed by atoms with Crippen LogP contribution >= 0.6 is 22.9 Å². The van der Waals surface area contributed by atoms with E-state index in [1.54, 1.807) is 18.2 Å². The fraction of sp³-hybridized carbons (Fsp3) is 0.250. The molecule has 0 spiro atoms. The van der Waals surface area contributed by atoms with Crippen LogP contribution < -0.4 is 15.2 Å². The van der Waals surface area contributed by atoms with E-state index in [9.17, 15) is 18.0 Å². The Labute approximate surface area is 207 Å². The predicted molar refractivity (Wildman–Crippen MR) is 134 cm³/mol. The van der Waals surface area contributed by atoms with Gasteiger partial charge >= 0.3 is 0 Å². The summed E-state index contributed by atoms with van der Waals surface area (Å²) in [5, 5.41) is 0.407. The van der Waals surface area contributed by atoms with Gasteiger partial charge in [-0.1, -0.05) is 30.7 Å². The highest BCUT2D eigenvalue weighted by Gasteiger charge is 2.24. The van der Waals surface area contributed by atoms with E-state index in [1.165, 1.54) is 59.2 Å². The molecule has 0 bridgehead atoms. The molecule has 2 aromatic carbocycles. The average molecular weight is 518 g/mol. The van der Waals surface area contributed by atoms with Crippen LogP contribution in [-0.4, -0.2) is 27.3 Å². The van der Waals surface area contributed by atoms with Crippen molar-refractivity contribution in [1.82, 2.24) is 10.9 Å². The number of fused-ring (bicyclic) bond motifs is 1. The lowest BCUT2D eigenvalue weighted by molar-refractivity contribution is 0.0848. The van der Waals surface area contributed by atoms with Gasteiger partial charge in [0.15, 0.2) is 0 Å². The van der Waals surface area contributed by atoms with E-state index in [0.717, 1.165) is 23.6 Å². The number of rotatable bonds is 5. The molecule has 0 radical (unpaired) electrons. The smallest absolute Gasteiger partial charge is 0.269 e. The van der Waals surface area contributed by atoms with Crippen molar-refractivity contribution in [2.24, 2.45) is 5.92 Å². The molecule has 0 saturated carbocycles. The monoisotopic (exact) mass is 517 g/mol. The molecule has 1 aromatic heterocycles. The Morgan fingerprint density at radius 1 is 1.06 bits per heavy atom. The Morgan fingerprint density at radius 2 is 1.79 bits per heavy atom. The molecule has 0 fully saturated rings. The minimum atomic E-state index is -3.94. The highest BCUT2D eigenvalue weighted by molar-refractivity contribution is 7.92. The standard InChI is InChI=1S/C24H24ClN3O4S2/c1-15-9-10-21-17(11-15)13-22(33-21)24(30)27-26-23(29)16-5-3-8-20(12-16)34(31,32)28(2)19-7-4-6-18(25)14-19/h3-8,12-15H,9-11H2,1-2H3,(H,26,29)(H,27,30)/t15-/m0/s1. The summed E-state index contributed by atoms with van der Waals surface area (Å²) in [6.07, 6.45) is 3.03. The molecule has 2 N–H and O–H groups in total. The number of nitrogens with zero attached hydrogens (tertiary/aromatic N) is 1. The van der Waals surface area contributed by atoms with Crippen molar-refractivity contribution in [2.75, 3.05) is 11.4 Å². The van der Waals surface area contributed by atoms with Gasteiger partial charge in [-0.25, -0.2) is 8.42 Å². The van der Waals surface area contributed by atoms with E-state index in [-0.39, 0.29) is 10.5 Å². The largest absolute Gasteiger partial charge is 0.279 e. The molecule has 34 heavy (non-hydrogen) atoms. The Kier molecular flexibility index (Phi) is 6.97. The molecule has 178 valence electrons. The molecular formula is C24H24ClN3O4S2. The zero-order chi connectivity index (χ0) is 24.5. The summed E-state index contributed by atoms with van der Waals surface area (Å²) in [6.45, 7) is 2.20. The molecule has 1 aliphatic carbocycles. The fourth-order valence-electron chi connectivity index (χ4n) is 3.83. The summed E-state index contributed by atoms with van der Waals surface area (Å²) >= 11 is 7.43. The normalized spacial score (nSPS) is 15.3. The number of halogens is 1. The number of hydrogen-bond acceptors (Lipinski definition) is 5. The first kappa shape index (κ1) is 24.3. The van der Waals surface area contributed by atoms with Gasteiger partial charge in [0.25, 0.3) is 21.8 Å². The van der Waals surface area contributed by atoms with Crippen LogP contribution in [0.15, 0.2) is 59.5 Å². The number of benzene rings is 2. The zero-order valence-electron chi connectivity index (χ0n) is 18.7. The Bertz CT molecular complexity index is 1350. The van der Waals surface area contributed by atoms with Crippen molar-refractivity contribution in [3.05, 3.63) is 80.5 Å². The first-order chi connectivity index (χ1) is 16.1. The van der Waals surface area contributed by atoms with Gasteiger partial charge in [-0.2, -0.15) is 0 Å². The van der Waals surface area contributed by atoms with Crippen LogP contribution in [0.2, 0.25) is 5.02 Å². The van der Waals surface area contributed by atoms with Crippen molar-refractivity contribution in [3.63, 3.8) is 0 Å². The van der Waals surface area contributed by atoms with Crippen LogP contribution in [0.25, 0.3) is 0 Å². The van der Waals surface area contributed by atoms with Crippen LogP contribution in [0, 0.1) is 5.92 Å². The lowest BCUT2D eigenvalue weighted by Crippen LogP contribution is -2.41. The highest BCUT2D eigenvalue weighted by atomic mass is 35.5. The molecule has 1 atom stereocenters. The summed E-state index contributed by atoms with van der Waals surface area (Å²) in [4.78, 5) is 26.9. The summed E-state index contributed by atoms with van der Waals surface area (Å²) < 4.78 is 27.2. The maximum Gasteiger partial charge on any atom is 0.279 e. The van der Waals surface area contributed by atoms with Crippen molar-refractivity contribution in [1.29, 1.82) is 0 Å². The third-order valence-corrected chi connectivity index (χ3v) is 9.02. The third kappa shape index (κ3) is 5.11. The van der Waals surface area contributed by atoms with E-state index in [0.29, 0.717) is 21.5 Å². The number of anilines is 1. The van der Waals surface area contributed by atoms with Crippen LogP contribution in [0.1, 0.15) is 43.8 Å². The van der Waals surface area contributed by atoms with Gasteiger partial charge in [0.1, 0.15) is 0 Å². The summed E-state index contributed by atoms with van der Waals surface area (Å²) in [7, 11) is -2.52. The Hall–Kier alpha value is -2.88. The molecule has 0 aliphatic heterocycles. The fourth-order valence-corrected chi connectivity index (χ4v) is 6.35. The van der Waals surface area contributed by atoms with Gasteiger partial charge in [-0.05, 0) is 73.2 Å². The van der Waals surface area contributed by atoms with Crippen molar-refractivity contribution < 1.29 is 18.0 Å². The Balaban J connectivity index is 1.45. The van der Waals surface area contributed by atoms with Crippen LogP contribution in [0.4, 0.5) is 5.69 Å². The second-order valence-corrected chi connectivity index (χ2v) is 11.8. The highest BCUT2D eigenvalue weighted by Crippen LogP contribution is 2.32. The molecule has 1 heterocycles. The number of carbonyl (C=O) groups is 2. The molecule has 3 aromatic rings. The van der Waals surface area contributed by atoms with E-state index in [2.05, 4.69) is 17.8 Å². The summed E-state index contributed by atoms with van der Waals surface area (Å²) in [5.41, 5.74) is 6.49. The number of aryl methyl sites for hydroxylation is 1. The van der Waals surface area contributed by atoms with Crippen LogP contribution in [-0.2, 0) is 22.9 Å². The number of hydrazine groups is 1. The van der Waals surface area contributed by atoms with Crippen molar-refractivity contribution >= 4 is 50.5 Å². The van der Waals surface area contributed by atoms with Gasteiger partial charge in [-0.3, -0.25) is 24.7 Å². The van der Waals surface area contributed by atoms with Gasteiger partial charge in [0.2, 0.25) is 0 Å². The predicted octanol–water partition coefficient (Wildman–Crippen LogP) is 4.43. The van der Waals surface area contributed by atoms with Crippen LogP contribution in [0.5, 0.6) is 0 Å². The third-order valence-electron chi connectivity index (χ3n) is 5.77. The topological polar surface area (TPSA) is 95.6 Å². The molecule has 10 heteroatoms. The lowest BCUT2D eigenvalue weighted by atomic mass is 9.90. The maximum atomic E-state index is 13.1. The van der Waals surface area contributed by atoms with Crippen LogP contribution in [0.3, 0.4) is 0 Å². The second kappa shape index (κ2) is 9.77. The first-order valence-corrected chi connectivity index (χ1v) is 13.4. The molecule has 2 amide bonds. The van der Waals surface area contributed by atoms with E-state index in [4.69, 9.17) is 11.6 Å². The summed E-state index contributed by atoms with van der Waals surface area (Å²) in [6, 6.07) is 14.0. The summed E-state index contributed by atoms with van der Waals surface area (Å²) in [5.74, 6) is -0.421. The number of carbonyl (C=O) groups excluding carboxylic acids is 2. The van der Waals surface area contributed by atoms with Gasteiger partial charge < -0.3 is 0 Å². The molecular weight excluding hydrogens is 494 g/mol. The average Bonchev–Trinajstić information content (AvgIpc) is 3.25. The zero-order valence-corrected chi connectivity index (χ0v) is 21.1. The number of thiophene rings is 1. The molecule has 0 unspecified atom stereocenters. The number of nitrogens with one attached hydrogen (secondary N) is 2. The SMILES string of the molecule is C[C@H]1CCc2sc(C(=O)NNC(=O)c3cccc(S(=O)(=O)N(C)c4cccc(Cl)c4)c3)cc2C1. The number of hydrogen-bond donors (Lipinski definition) is 2. The van der Waals surface area contributed by atoms with E-state index < -0.39 is 21.8 Å². The molecule has 7 nitrogen and oxygen atoms in total. The first-order valence-electron chi connectivity index (χ1n) is 10.7. The van der Waals surface area contributed by atoms with Crippen molar-refractivity contribution in [3.8, 4) is 0 Å². The maximum absolute atomic E-state index is 13.1.